The van der Waals surface area contributed by atoms with Crippen LogP contribution >= 0.6 is 0 Å². The van der Waals surface area contributed by atoms with Crippen molar-refractivity contribution < 1.29 is 9.13 Å². The number of nitrogens with one attached hydrogen (secondary N) is 3. The first-order valence-corrected chi connectivity index (χ1v) is 10.1. The minimum atomic E-state index is -0.219. The molecule has 1 aromatic heterocycles. The average Bonchev–Trinajstić information content (AvgIpc) is 3.09. The number of hydrogen-bond donors (Lipinski definition) is 3. The van der Waals surface area contributed by atoms with Crippen molar-refractivity contribution in [2.75, 3.05) is 46.4 Å². The maximum absolute atomic E-state index is 13.3. The van der Waals surface area contributed by atoms with Gasteiger partial charge in [0.2, 0.25) is 0 Å². The van der Waals surface area contributed by atoms with E-state index in [2.05, 4.69) is 39.4 Å². The van der Waals surface area contributed by atoms with Crippen LogP contribution in [0.2, 0.25) is 0 Å². The van der Waals surface area contributed by atoms with Gasteiger partial charge in [0, 0.05) is 56.4 Å². The Morgan fingerprint density at radius 2 is 2.07 bits per heavy atom. The molecule has 0 spiro atoms. The number of benzene rings is 1. The van der Waals surface area contributed by atoms with E-state index in [0.29, 0.717) is 12.0 Å². The molecule has 6 nitrogen and oxygen atoms in total. The molecule has 0 saturated carbocycles. The van der Waals surface area contributed by atoms with Crippen LogP contribution in [0.15, 0.2) is 29.4 Å². The van der Waals surface area contributed by atoms with Gasteiger partial charge in [-0.1, -0.05) is 13.8 Å². The summed E-state index contributed by atoms with van der Waals surface area (Å²) in [6.07, 6.45) is 2.79. The molecule has 2 aromatic rings. The fourth-order valence-electron chi connectivity index (χ4n) is 3.80. The molecule has 3 N–H and O–H groups in total. The van der Waals surface area contributed by atoms with Gasteiger partial charge in [-0.2, -0.15) is 0 Å². The zero-order chi connectivity index (χ0) is 19.9. The van der Waals surface area contributed by atoms with E-state index in [1.165, 1.54) is 17.7 Å². The number of halogens is 1. The Bertz CT molecular complexity index is 782. The van der Waals surface area contributed by atoms with Crippen LogP contribution < -0.4 is 10.6 Å². The topological polar surface area (TPSA) is 64.7 Å². The number of aromatic nitrogens is 1. The van der Waals surface area contributed by atoms with Crippen LogP contribution in [0.4, 0.5) is 4.39 Å². The van der Waals surface area contributed by atoms with Gasteiger partial charge in [-0.15, -0.1) is 0 Å². The molecule has 1 unspecified atom stereocenters. The molecule has 1 aromatic carbocycles. The zero-order valence-electron chi connectivity index (χ0n) is 17.1. The van der Waals surface area contributed by atoms with Crippen molar-refractivity contribution in [3.8, 4) is 0 Å². The smallest absolute Gasteiger partial charge is 0.191 e. The van der Waals surface area contributed by atoms with Crippen LogP contribution in [0.5, 0.6) is 0 Å². The Morgan fingerprint density at radius 1 is 1.29 bits per heavy atom. The van der Waals surface area contributed by atoms with E-state index in [9.17, 15) is 4.39 Å². The maximum atomic E-state index is 13.3. The highest BCUT2D eigenvalue weighted by Gasteiger charge is 2.23. The van der Waals surface area contributed by atoms with Gasteiger partial charge in [-0.25, -0.2) is 4.39 Å². The van der Waals surface area contributed by atoms with Gasteiger partial charge in [-0.3, -0.25) is 9.89 Å². The summed E-state index contributed by atoms with van der Waals surface area (Å²) in [5, 5.41) is 7.93. The number of aliphatic imine (C=N–C) groups is 1. The lowest BCUT2D eigenvalue weighted by atomic mass is 10.0. The summed E-state index contributed by atoms with van der Waals surface area (Å²) < 4.78 is 18.8. The van der Waals surface area contributed by atoms with Crippen LogP contribution in [-0.2, 0) is 11.2 Å². The molecule has 7 heteroatoms. The highest BCUT2D eigenvalue weighted by atomic mass is 19.1. The second-order valence-corrected chi connectivity index (χ2v) is 7.59. The molecule has 0 aliphatic carbocycles. The predicted octanol–water partition coefficient (Wildman–Crippen LogP) is 2.37. The van der Waals surface area contributed by atoms with Gasteiger partial charge >= 0.3 is 0 Å². The molecule has 3 rings (SSSR count). The highest BCUT2D eigenvalue weighted by Crippen LogP contribution is 2.19. The molecule has 1 aliphatic rings. The van der Waals surface area contributed by atoms with E-state index in [4.69, 9.17) is 4.74 Å². The first kappa shape index (κ1) is 20.6. The number of nitrogens with zero attached hydrogens (tertiary/aromatic N) is 2. The third-order valence-electron chi connectivity index (χ3n) is 5.40. The molecule has 28 heavy (non-hydrogen) atoms. The van der Waals surface area contributed by atoms with Crippen LogP contribution in [-0.4, -0.2) is 68.3 Å². The lowest BCUT2D eigenvalue weighted by Gasteiger charge is -2.37. The van der Waals surface area contributed by atoms with E-state index in [-0.39, 0.29) is 5.82 Å². The first-order valence-electron chi connectivity index (χ1n) is 10.1. The van der Waals surface area contributed by atoms with Crippen molar-refractivity contribution in [3.63, 3.8) is 0 Å². The van der Waals surface area contributed by atoms with Crippen molar-refractivity contribution in [1.29, 1.82) is 0 Å². The van der Waals surface area contributed by atoms with Crippen LogP contribution in [0.25, 0.3) is 10.9 Å². The minimum absolute atomic E-state index is 0.219. The van der Waals surface area contributed by atoms with E-state index >= 15 is 0 Å². The Balaban J connectivity index is 1.49. The van der Waals surface area contributed by atoms with Crippen LogP contribution in [0, 0.1) is 11.7 Å². The van der Waals surface area contributed by atoms with Crippen LogP contribution in [0.3, 0.4) is 0 Å². The zero-order valence-corrected chi connectivity index (χ0v) is 17.1. The molecule has 1 fully saturated rings. The summed E-state index contributed by atoms with van der Waals surface area (Å²) in [5.41, 5.74) is 2.01. The number of morpholine rings is 1. The van der Waals surface area contributed by atoms with Gasteiger partial charge < -0.3 is 20.4 Å². The summed E-state index contributed by atoms with van der Waals surface area (Å²) in [5.74, 6) is 1.14. The van der Waals surface area contributed by atoms with Crippen molar-refractivity contribution in [2.45, 2.75) is 26.3 Å². The molecule has 1 atom stereocenters. The summed E-state index contributed by atoms with van der Waals surface area (Å²) in [6, 6.07) is 5.32. The first-order chi connectivity index (χ1) is 13.6. The number of fused-ring (bicyclic) bond motifs is 1. The summed E-state index contributed by atoms with van der Waals surface area (Å²) >= 11 is 0. The van der Waals surface area contributed by atoms with Gasteiger partial charge in [-0.05, 0) is 36.1 Å². The van der Waals surface area contributed by atoms with Crippen molar-refractivity contribution >= 4 is 16.9 Å². The normalized spacial score (nSPS) is 17.2. The summed E-state index contributed by atoms with van der Waals surface area (Å²) in [6.45, 7) is 9.72. The van der Waals surface area contributed by atoms with Gasteiger partial charge in [0.1, 0.15) is 5.82 Å². The summed E-state index contributed by atoms with van der Waals surface area (Å²) in [7, 11) is 1.79. The number of rotatable bonds is 7. The quantitative estimate of drug-likeness (QED) is 0.503. The van der Waals surface area contributed by atoms with Gasteiger partial charge in [0.05, 0.1) is 13.2 Å². The SMILES string of the molecule is CN=C(NCCc1c[nH]c2cc(F)ccc12)NCC(C(C)C)N1CCOCC1. The standard InChI is InChI=1S/C21H32FN5O/c1-15(2)20(27-8-10-28-11-9-27)14-26-21(23-3)24-7-6-16-13-25-19-12-17(22)4-5-18(16)19/h4-5,12-13,15,20,25H,6-11,14H2,1-3H3,(H2,23,24,26). The second-order valence-electron chi connectivity index (χ2n) is 7.59. The molecular weight excluding hydrogens is 357 g/mol. The average molecular weight is 390 g/mol. The molecule has 0 radical (unpaired) electrons. The Hall–Kier alpha value is -2.12. The van der Waals surface area contributed by atoms with Crippen LogP contribution in [0.1, 0.15) is 19.4 Å². The molecular formula is C21H32FN5O. The number of hydrogen-bond acceptors (Lipinski definition) is 3. The molecule has 154 valence electrons. The number of ether oxygens (including phenoxy) is 1. The van der Waals surface area contributed by atoms with Gasteiger partial charge in [0.15, 0.2) is 5.96 Å². The monoisotopic (exact) mass is 389 g/mol. The third-order valence-corrected chi connectivity index (χ3v) is 5.40. The Kier molecular flexibility index (Phi) is 7.28. The predicted molar refractivity (Wildman–Crippen MR) is 112 cm³/mol. The number of H-pyrrole nitrogens is 1. The lowest BCUT2D eigenvalue weighted by molar-refractivity contribution is 0.00752. The molecule has 2 heterocycles. The van der Waals surface area contributed by atoms with E-state index < -0.39 is 0 Å². The maximum Gasteiger partial charge on any atom is 0.191 e. The second kappa shape index (κ2) is 9.89. The van der Waals surface area contributed by atoms with E-state index in [1.807, 2.05) is 12.3 Å². The molecule has 0 amide bonds. The number of aromatic amines is 1. The van der Waals surface area contributed by atoms with Crippen molar-refractivity contribution in [1.82, 2.24) is 20.5 Å². The number of guanidine groups is 1. The van der Waals surface area contributed by atoms with Gasteiger partial charge in [0.25, 0.3) is 0 Å². The summed E-state index contributed by atoms with van der Waals surface area (Å²) in [4.78, 5) is 9.99. The van der Waals surface area contributed by atoms with E-state index in [1.54, 1.807) is 7.05 Å². The third kappa shape index (κ3) is 5.23. The highest BCUT2D eigenvalue weighted by molar-refractivity contribution is 5.83. The van der Waals surface area contributed by atoms with Crippen molar-refractivity contribution in [3.05, 3.63) is 35.8 Å². The van der Waals surface area contributed by atoms with E-state index in [0.717, 1.165) is 62.7 Å². The Labute approximate surface area is 166 Å². The fourth-order valence-corrected chi connectivity index (χ4v) is 3.80. The largest absolute Gasteiger partial charge is 0.379 e. The fraction of sp³-hybridized carbons (Fsp3) is 0.571. The van der Waals surface area contributed by atoms with Crippen molar-refractivity contribution in [2.24, 2.45) is 10.9 Å². The molecule has 0 bridgehead atoms. The Morgan fingerprint density at radius 3 is 2.79 bits per heavy atom. The minimum Gasteiger partial charge on any atom is -0.379 e. The lowest BCUT2D eigenvalue weighted by Crippen LogP contribution is -2.52. The molecule has 1 aliphatic heterocycles. The molecule has 1 saturated heterocycles.